The number of ether oxygens (including phenoxy) is 2. The van der Waals surface area contributed by atoms with Crippen molar-refractivity contribution in [1.29, 1.82) is 0 Å². The van der Waals surface area contributed by atoms with Crippen LogP contribution in [0, 0.1) is 0 Å². The molecule has 0 amide bonds. The van der Waals surface area contributed by atoms with E-state index in [1.54, 1.807) is 6.92 Å². The van der Waals surface area contributed by atoms with Gasteiger partial charge in [0.25, 0.3) is 0 Å². The molecule has 2 fully saturated rings. The molecule has 1 aliphatic carbocycles. The lowest BCUT2D eigenvalue weighted by molar-refractivity contribution is -0.157. The Balaban J connectivity index is 1.47. The average Bonchev–Trinajstić information content (AvgIpc) is 3.39. The highest BCUT2D eigenvalue weighted by atomic mass is 16.6. The van der Waals surface area contributed by atoms with E-state index in [0.717, 1.165) is 29.9 Å². The number of rotatable bonds is 7. The van der Waals surface area contributed by atoms with Crippen molar-refractivity contribution in [3.63, 3.8) is 0 Å². The Morgan fingerprint density at radius 3 is 2.84 bits per heavy atom. The van der Waals surface area contributed by atoms with Crippen LogP contribution < -0.4 is 4.90 Å². The zero-order valence-corrected chi connectivity index (χ0v) is 17.7. The van der Waals surface area contributed by atoms with E-state index in [0.29, 0.717) is 38.8 Å². The van der Waals surface area contributed by atoms with Crippen LogP contribution in [0.2, 0.25) is 0 Å². The number of carboxylic acids is 1. The summed E-state index contributed by atoms with van der Waals surface area (Å²) in [6, 6.07) is 2.16. The number of aromatic nitrogens is 5. The highest BCUT2D eigenvalue weighted by Gasteiger charge is 2.31. The third-order valence-corrected chi connectivity index (χ3v) is 5.69. The SMILES string of the molecule is CCOC(=O)C1CN(c2cc(C3CC3)cn3cc(Cn4cc(C(=O)O)nn4)nc23)CCO1. The fourth-order valence-corrected chi connectivity index (χ4v) is 3.99. The molecule has 3 aromatic heterocycles. The van der Waals surface area contributed by atoms with Crippen LogP contribution >= 0.6 is 0 Å². The van der Waals surface area contributed by atoms with E-state index in [2.05, 4.69) is 27.5 Å². The van der Waals surface area contributed by atoms with Gasteiger partial charge in [0.15, 0.2) is 17.4 Å². The van der Waals surface area contributed by atoms with Gasteiger partial charge >= 0.3 is 11.9 Å². The van der Waals surface area contributed by atoms with Crippen molar-refractivity contribution in [2.24, 2.45) is 0 Å². The number of fused-ring (bicyclic) bond motifs is 1. The van der Waals surface area contributed by atoms with E-state index in [9.17, 15) is 9.59 Å². The van der Waals surface area contributed by atoms with Crippen molar-refractivity contribution < 1.29 is 24.2 Å². The standard InChI is InChI=1S/C21H24N6O5/c1-2-31-21(30)18-12-25(5-6-32-18)17-7-14(13-3-4-13)8-26-9-15(22-19(17)26)10-27-11-16(20(28)29)23-24-27/h7-9,11,13,18H,2-6,10,12H2,1H3,(H,28,29). The molecule has 4 heterocycles. The van der Waals surface area contributed by atoms with Gasteiger partial charge in [-0.15, -0.1) is 5.10 Å². The lowest BCUT2D eigenvalue weighted by Crippen LogP contribution is -2.47. The van der Waals surface area contributed by atoms with Crippen LogP contribution in [0.3, 0.4) is 0 Å². The second-order valence-corrected chi connectivity index (χ2v) is 8.06. The molecule has 32 heavy (non-hydrogen) atoms. The molecule has 1 N–H and O–H groups in total. The van der Waals surface area contributed by atoms with Crippen molar-refractivity contribution in [2.45, 2.75) is 38.3 Å². The second kappa shape index (κ2) is 8.23. The Hall–Kier alpha value is -3.47. The zero-order valence-electron chi connectivity index (χ0n) is 17.7. The van der Waals surface area contributed by atoms with Crippen LogP contribution in [-0.4, -0.2) is 73.8 Å². The number of nitrogens with zero attached hydrogens (tertiary/aromatic N) is 6. The summed E-state index contributed by atoms with van der Waals surface area (Å²) >= 11 is 0. The molecule has 2 aliphatic rings. The molecule has 1 unspecified atom stereocenters. The minimum absolute atomic E-state index is 0.108. The number of esters is 1. The number of carbonyl (C=O) groups excluding carboxylic acids is 1. The van der Waals surface area contributed by atoms with Gasteiger partial charge in [0, 0.05) is 18.9 Å². The molecule has 3 aromatic rings. The summed E-state index contributed by atoms with van der Waals surface area (Å²) < 4.78 is 14.2. The van der Waals surface area contributed by atoms with Gasteiger partial charge in [-0.25, -0.2) is 19.3 Å². The fraction of sp³-hybridized carbons (Fsp3) is 0.476. The molecule has 0 aromatic carbocycles. The summed E-state index contributed by atoms with van der Waals surface area (Å²) in [7, 11) is 0. The zero-order chi connectivity index (χ0) is 22.2. The number of anilines is 1. The van der Waals surface area contributed by atoms with Crippen LogP contribution in [0.25, 0.3) is 5.65 Å². The summed E-state index contributed by atoms with van der Waals surface area (Å²) in [6.45, 7) is 3.86. The van der Waals surface area contributed by atoms with Gasteiger partial charge in [0.05, 0.1) is 43.9 Å². The highest BCUT2D eigenvalue weighted by molar-refractivity contribution is 5.84. The Kier molecular flexibility index (Phi) is 5.25. The normalized spacial score (nSPS) is 18.8. The molecule has 168 valence electrons. The molecule has 0 bridgehead atoms. The first-order valence-electron chi connectivity index (χ1n) is 10.7. The van der Waals surface area contributed by atoms with Crippen molar-refractivity contribution in [1.82, 2.24) is 24.4 Å². The topological polar surface area (TPSA) is 124 Å². The van der Waals surface area contributed by atoms with Crippen LogP contribution in [0.4, 0.5) is 5.69 Å². The second-order valence-electron chi connectivity index (χ2n) is 8.06. The van der Waals surface area contributed by atoms with E-state index < -0.39 is 12.1 Å². The van der Waals surface area contributed by atoms with Gasteiger partial charge in [-0.1, -0.05) is 5.21 Å². The van der Waals surface area contributed by atoms with Gasteiger partial charge < -0.3 is 23.9 Å². The Morgan fingerprint density at radius 2 is 2.12 bits per heavy atom. The number of carboxylic acid groups (broad SMARTS) is 1. The first-order chi connectivity index (χ1) is 15.5. The van der Waals surface area contributed by atoms with Crippen molar-refractivity contribution >= 4 is 23.3 Å². The third kappa shape index (κ3) is 4.03. The maximum Gasteiger partial charge on any atom is 0.358 e. The monoisotopic (exact) mass is 440 g/mol. The quantitative estimate of drug-likeness (QED) is 0.542. The first kappa shape index (κ1) is 20.4. The highest BCUT2D eigenvalue weighted by Crippen LogP contribution is 2.42. The summed E-state index contributed by atoms with van der Waals surface area (Å²) in [4.78, 5) is 30.2. The van der Waals surface area contributed by atoms with Gasteiger partial charge in [-0.05, 0) is 37.3 Å². The molecule has 1 saturated carbocycles. The molecule has 1 atom stereocenters. The first-order valence-corrected chi connectivity index (χ1v) is 10.7. The number of aromatic carboxylic acids is 1. The summed E-state index contributed by atoms with van der Waals surface area (Å²) in [5.74, 6) is -0.929. The van der Waals surface area contributed by atoms with Gasteiger partial charge in [0.2, 0.25) is 0 Å². The van der Waals surface area contributed by atoms with E-state index >= 15 is 0 Å². The number of hydrogen-bond donors (Lipinski definition) is 1. The minimum atomic E-state index is -1.12. The van der Waals surface area contributed by atoms with Crippen molar-refractivity contribution in [2.75, 3.05) is 31.2 Å². The molecule has 1 saturated heterocycles. The molecular weight excluding hydrogens is 416 g/mol. The largest absolute Gasteiger partial charge is 0.476 e. The molecular formula is C21H24N6O5. The smallest absolute Gasteiger partial charge is 0.358 e. The Morgan fingerprint density at radius 1 is 1.28 bits per heavy atom. The lowest BCUT2D eigenvalue weighted by Gasteiger charge is -2.33. The summed E-state index contributed by atoms with van der Waals surface area (Å²) in [6.07, 6.45) is 7.11. The number of pyridine rings is 1. The van der Waals surface area contributed by atoms with Crippen molar-refractivity contribution in [3.8, 4) is 0 Å². The molecule has 11 nitrogen and oxygen atoms in total. The number of imidazole rings is 1. The van der Waals surface area contributed by atoms with Gasteiger partial charge in [-0.3, -0.25) is 0 Å². The number of carbonyl (C=O) groups is 2. The van der Waals surface area contributed by atoms with E-state index in [-0.39, 0.29) is 11.7 Å². The van der Waals surface area contributed by atoms with Crippen LogP contribution in [0.1, 0.15) is 47.4 Å². The Bertz CT molecular complexity index is 1170. The minimum Gasteiger partial charge on any atom is -0.476 e. The predicted octanol–water partition coefficient (Wildman–Crippen LogP) is 1.32. The van der Waals surface area contributed by atoms with Crippen molar-refractivity contribution in [3.05, 3.63) is 41.6 Å². The molecule has 5 rings (SSSR count). The maximum absolute atomic E-state index is 12.2. The summed E-state index contributed by atoms with van der Waals surface area (Å²) in [5, 5.41) is 16.6. The van der Waals surface area contributed by atoms with Crippen LogP contribution in [-0.2, 0) is 20.8 Å². The molecule has 11 heteroatoms. The summed E-state index contributed by atoms with van der Waals surface area (Å²) in [5.41, 5.74) is 3.58. The molecule has 0 spiro atoms. The van der Waals surface area contributed by atoms with E-state index in [4.69, 9.17) is 19.6 Å². The number of morpholine rings is 1. The fourth-order valence-electron chi connectivity index (χ4n) is 3.99. The molecule has 1 aliphatic heterocycles. The van der Waals surface area contributed by atoms with Gasteiger partial charge in [0.1, 0.15) is 0 Å². The number of hydrogen-bond acceptors (Lipinski definition) is 8. The third-order valence-electron chi connectivity index (χ3n) is 5.69. The van der Waals surface area contributed by atoms with Crippen LogP contribution in [0.5, 0.6) is 0 Å². The van der Waals surface area contributed by atoms with Crippen LogP contribution in [0.15, 0.2) is 24.7 Å². The van der Waals surface area contributed by atoms with E-state index in [1.165, 1.54) is 16.4 Å². The predicted molar refractivity (Wildman–Crippen MR) is 112 cm³/mol. The lowest BCUT2D eigenvalue weighted by atomic mass is 10.1. The Labute approximate surface area is 183 Å². The molecule has 0 radical (unpaired) electrons. The maximum atomic E-state index is 12.2. The van der Waals surface area contributed by atoms with E-state index in [1.807, 2.05) is 10.6 Å². The van der Waals surface area contributed by atoms with Gasteiger partial charge in [-0.2, -0.15) is 0 Å². The average molecular weight is 440 g/mol.